The van der Waals surface area contributed by atoms with E-state index in [0.29, 0.717) is 0 Å². The number of ketones is 1. The Morgan fingerprint density at radius 3 is 2.71 bits per heavy atom. The highest BCUT2D eigenvalue weighted by Crippen LogP contribution is 2.18. The Kier molecular flexibility index (Phi) is 3.67. The lowest BCUT2D eigenvalue weighted by Crippen LogP contribution is -2.14. The Morgan fingerprint density at radius 1 is 1.59 bits per heavy atom. The fraction of sp³-hybridized carbons (Fsp3) is 0.182. The van der Waals surface area contributed by atoms with E-state index < -0.39 is 10.7 Å². The zero-order valence-electron chi connectivity index (χ0n) is 9.06. The maximum Gasteiger partial charge on any atom is 0.270 e. The molecule has 0 bridgehead atoms. The average molecular weight is 231 g/mol. The molecule has 17 heavy (non-hydrogen) atoms. The first-order valence-corrected chi connectivity index (χ1v) is 4.82. The maximum atomic E-state index is 11.3. The van der Waals surface area contributed by atoms with Crippen molar-refractivity contribution in [3.8, 4) is 6.07 Å². The number of hydrogen-bond acceptors (Lipinski definition) is 5. The number of nitro groups is 1. The minimum Gasteiger partial charge on any atom is -0.297 e. The molecule has 1 aromatic carbocycles. The summed E-state index contributed by atoms with van der Waals surface area (Å²) in [5.41, 5.74) is -0.433. The van der Waals surface area contributed by atoms with Gasteiger partial charge in [0.15, 0.2) is 5.78 Å². The Bertz CT molecular complexity index is 543. The van der Waals surface area contributed by atoms with Crippen LogP contribution in [0, 0.1) is 26.9 Å². The van der Waals surface area contributed by atoms with E-state index in [1.807, 2.05) is 0 Å². The van der Waals surface area contributed by atoms with Crippen molar-refractivity contribution in [1.29, 1.82) is 10.7 Å². The summed E-state index contributed by atoms with van der Waals surface area (Å²) in [6.45, 7) is 1.61. The number of carbonyl (C=O) groups excluding carboxylic acids is 1. The zero-order valence-corrected chi connectivity index (χ0v) is 9.06. The van der Waals surface area contributed by atoms with E-state index in [2.05, 4.69) is 0 Å². The molecule has 0 saturated heterocycles. The van der Waals surface area contributed by atoms with E-state index in [0.717, 1.165) is 6.07 Å². The lowest BCUT2D eigenvalue weighted by molar-refractivity contribution is -0.384. The molecule has 0 aliphatic heterocycles. The highest BCUT2D eigenvalue weighted by Gasteiger charge is 2.17. The molecule has 0 amide bonds. The summed E-state index contributed by atoms with van der Waals surface area (Å²) >= 11 is 0. The van der Waals surface area contributed by atoms with Crippen LogP contribution in [-0.2, 0) is 4.79 Å². The van der Waals surface area contributed by atoms with E-state index in [-0.39, 0.29) is 28.9 Å². The molecule has 0 heterocycles. The van der Waals surface area contributed by atoms with Crippen LogP contribution in [0.5, 0.6) is 0 Å². The molecule has 0 atom stereocenters. The smallest absolute Gasteiger partial charge is 0.270 e. The van der Waals surface area contributed by atoms with Crippen molar-refractivity contribution >= 4 is 17.2 Å². The highest BCUT2D eigenvalue weighted by atomic mass is 16.6. The van der Waals surface area contributed by atoms with Crippen LogP contribution in [0.4, 0.5) is 5.69 Å². The quantitative estimate of drug-likeness (QED) is 0.484. The van der Waals surface area contributed by atoms with Crippen LogP contribution in [0.2, 0.25) is 0 Å². The number of nitrogens with zero attached hydrogens (tertiary/aromatic N) is 2. The predicted molar refractivity (Wildman–Crippen MR) is 59.9 cm³/mol. The second-order valence-electron chi connectivity index (χ2n) is 3.25. The normalized spacial score (nSPS) is 9.41. The van der Waals surface area contributed by atoms with Crippen molar-refractivity contribution in [1.82, 2.24) is 0 Å². The molecule has 0 fully saturated rings. The van der Waals surface area contributed by atoms with E-state index in [1.165, 1.54) is 12.1 Å². The Morgan fingerprint density at radius 2 is 2.24 bits per heavy atom. The van der Waals surface area contributed by atoms with Gasteiger partial charge in [-0.25, -0.2) is 0 Å². The van der Waals surface area contributed by atoms with Crippen LogP contribution >= 0.6 is 0 Å². The molecule has 0 saturated carbocycles. The van der Waals surface area contributed by atoms with E-state index >= 15 is 0 Å². The largest absolute Gasteiger partial charge is 0.297 e. The van der Waals surface area contributed by atoms with Gasteiger partial charge in [0.05, 0.1) is 10.5 Å². The number of non-ortho nitro benzene ring substituents is 1. The standard InChI is InChI=1S/C11H9N3O3/c1-2-10(15)11(13)9-4-3-8(14(16)17)5-7(9)6-12/h3-5,13H,2H2,1H3. The topological polar surface area (TPSA) is 108 Å². The number of benzene rings is 1. The monoisotopic (exact) mass is 231 g/mol. The van der Waals surface area contributed by atoms with Gasteiger partial charge < -0.3 is 0 Å². The first-order valence-electron chi connectivity index (χ1n) is 4.82. The Hall–Kier alpha value is -2.55. The van der Waals surface area contributed by atoms with Crippen LogP contribution in [0.15, 0.2) is 18.2 Å². The lowest BCUT2D eigenvalue weighted by atomic mass is 9.99. The minimum atomic E-state index is -0.629. The molecular weight excluding hydrogens is 222 g/mol. The minimum absolute atomic E-state index is 0.0361. The number of rotatable bonds is 4. The van der Waals surface area contributed by atoms with E-state index in [1.54, 1.807) is 13.0 Å². The Labute approximate surface area is 97.1 Å². The van der Waals surface area contributed by atoms with Crippen molar-refractivity contribution in [2.45, 2.75) is 13.3 Å². The molecule has 6 nitrogen and oxygen atoms in total. The number of carbonyl (C=O) groups is 1. The summed E-state index contributed by atoms with van der Waals surface area (Å²) in [4.78, 5) is 21.2. The van der Waals surface area contributed by atoms with Gasteiger partial charge in [0.1, 0.15) is 11.8 Å². The maximum absolute atomic E-state index is 11.3. The van der Waals surface area contributed by atoms with E-state index in [9.17, 15) is 14.9 Å². The summed E-state index contributed by atoms with van der Waals surface area (Å²) in [7, 11) is 0. The third kappa shape index (κ3) is 2.52. The van der Waals surface area contributed by atoms with Gasteiger partial charge in [0.25, 0.3) is 5.69 Å². The molecule has 1 rings (SSSR count). The molecule has 1 aromatic rings. The molecule has 0 unspecified atom stereocenters. The molecule has 0 aromatic heterocycles. The predicted octanol–water partition coefficient (Wildman–Crippen LogP) is 1.81. The third-order valence-corrected chi connectivity index (χ3v) is 2.20. The molecule has 6 heteroatoms. The van der Waals surface area contributed by atoms with Crippen LogP contribution in [-0.4, -0.2) is 16.4 Å². The van der Waals surface area contributed by atoms with Gasteiger partial charge in [-0.2, -0.15) is 5.26 Å². The summed E-state index contributed by atoms with van der Waals surface area (Å²) in [5, 5.41) is 27.0. The molecular formula is C11H9N3O3. The highest BCUT2D eigenvalue weighted by molar-refractivity contribution is 6.45. The van der Waals surface area contributed by atoms with Crippen LogP contribution in [0.3, 0.4) is 0 Å². The van der Waals surface area contributed by atoms with Crippen LogP contribution < -0.4 is 0 Å². The van der Waals surface area contributed by atoms with Crippen LogP contribution in [0.25, 0.3) is 0 Å². The van der Waals surface area contributed by atoms with Crippen LogP contribution in [0.1, 0.15) is 24.5 Å². The molecule has 0 aliphatic rings. The van der Waals surface area contributed by atoms with Gasteiger partial charge in [-0.3, -0.25) is 20.3 Å². The molecule has 0 radical (unpaired) electrons. The molecule has 1 N–H and O–H groups in total. The average Bonchev–Trinajstić information content (AvgIpc) is 2.35. The van der Waals surface area contributed by atoms with Gasteiger partial charge in [-0.05, 0) is 6.07 Å². The number of nitriles is 1. The zero-order chi connectivity index (χ0) is 13.0. The molecule has 86 valence electrons. The van der Waals surface area contributed by atoms with Gasteiger partial charge in [-0.15, -0.1) is 0 Å². The van der Waals surface area contributed by atoms with Crippen molar-refractivity contribution in [3.63, 3.8) is 0 Å². The van der Waals surface area contributed by atoms with Crippen molar-refractivity contribution in [2.75, 3.05) is 0 Å². The number of nitro benzene ring substituents is 1. The van der Waals surface area contributed by atoms with Crippen molar-refractivity contribution in [3.05, 3.63) is 39.4 Å². The number of nitrogens with one attached hydrogen (secondary N) is 1. The summed E-state index contributed by atoms with van der Waals surface area (Å²) in [6.07, 6.45) is 0.153. The summed E-state index contributed by atoms with van der Waals surface area (Å²) < 4.78 is 0. The first kappa shape index (κ1) is 12.5. The van der Waals surface area contributed by atoms with Crippen molar-refractivity contribution < 1.29 is 9.72 Å². The van der Waals surface area contributed by atoms with Crippen molar-refractivity contribution in [2.24, 2.45) is 0 Å². The third-order valence-electron chi connectivity index (χ3n) is 2.20. The van der Waals surface area contributed by atoms with Gasteiger partial charge in [-0.1, -0.05) is 6.92 Å². The summed E-state index contributed by atoms with van der Waals surface area (Å²) in [5.74, 6) is -0.407. The second-order valence-corrected chi connectivity index (χ2v) is 3.25. The number of Topliss-reactive ketones (excluding diaryl/α,β-unsaturated/α-hetero) is 1. The molecule has 0 aliphatic carbocycles. The first-order chi connectivity index (χ1) is 8.01. The van der Waals surface area contributed by atoms with Gasteiger partial charge in [0, 0.05) is 24.1 Å². The fourth-order valence-corrected chi connectivity index (χ4v) is 1.28. The molecule has 0 spiro atoms. The fourth-order valence-electron chi connectivity index (χ4n) is 1.28. The van der Waals surface area contributed by atoms with Gasteiger partial charge >= 0.3 is 0 Å². The summed E-state index contributed by atoms with van der Waals surface area (Å²) in [6, 6.07) is 5.25. The van der Waals surface area contributed by atoms with Gasteiger partial charge in [0.2, 0.25) is 0 Å². The second kappa shape index (κ2) is 4.99. The number of hydrogen-bond donors (Lipinski definition) is 1. The van der Waals surface area contributed by atoms with E-state index in [4.69, 9.17) is 10.7 Å². The lowest BCUT2D eigenvalue weighted by Gasteiger charge is -2.03. The Balaban J connectivity index is 3.28. The SMILES string of the molecule is CCC(=O)C(=N)c1ccc([N+](=O)[O-])cc1C#N.